The zero-order chi connectivity index (χ0) is 20.1. The Labute approximate surface area is 180 Å². The predicted octanol–water partition coefficient (Wildman–Crippen LogP) is 5.67. The molecular formula is C16H38O4S4Si2. The second-order valence-electron chi connectivity index (χ2n) is 6.83. The molecule has 0 aromatic rings. The summed E-state index contributed by atoms with van der Waals surface area (Å²) in [6, 6.07) is 0. The van der Waals surface area contributed by atoms with Gasteiger partial charge in [-0.05, 0) is 74.0 Å². The lowest BCUT2D eigenvalue weighted by atomic mass is 10.5. The summed E-state index contributed by atoms with van der Waals surface area (Å²) >= 11 is 0. The highest BCUT2D eigenvalue weighted by atomic mass is 33.7. The topological polar surface area (TPSA) is 36.9 Å². The Balaban J connectivity index is 4.48. The van der Waals surface area contributed by atoms with Crippen molar-refractivity contribution >= 4 is 59.8 Å². The van der Waals surface area contributed by atoms with Gasteiger partial charge in [-0.1, -0.05) is 35.4 Å². The molecule has 0 amide bonds. The minimum Gasteiger partial charge on any atom is -0.396 e. The molecule has 0 saturated carbocycles. The second kappa shape index (κ2) is 15.5. The van der Waals surface area contributed by atoms with Crippen molar-refractivity contribution < 1.29 is 17.7 Å². The molecule has 0 N–H and O–H groups in total. The molecule has 0 spiro atoms. The van der Waals surface area contributed by atoms with E-state index in [0.717, 1.165) is 39.3 Å². The SMILES string of the molecule is CCCO[SiH](OCC)C(C)(C)SSSSC(C)(C)[SiH](OCC)OCCC. The summed E-state index contributed by atoms with van der Waals surface area (Å²) in [5, 5.41) is 0. The van der Waals surface area contributed by atoms with Gasteiger partial charge in [0.1, 0.15) is 0 Å². The van der Waals surface area contributed by atoms with Gasteiger partial charge >= 0.3 is 18.6 Å². The van der Waals surface area contributed by atoms with Gasteiger partial charge in [-0.3, -0.25) is 0 Å². The van der Waals surface area contributed by atoms with Crippen LogP contribution in [0.1, 0.15) is 68.2 Å². The lowest BCUT2D eigenvalue weighted by molar-refractivity contribution is 0.195. The maximum absolute atomic E-state index is 6.04. The first kappa shape index (κ1) is 27.7. The Morgan fingerprint density at radius 2 is 0.962 bits per heavy atom. The molecule has 0 aromatic heterocycles. The van der Waals surface area contributed by atoms with E-state index >= 15 is 0 Å². The Kier molecular flexibility index (Phi) is 16.5. The first-order valence-corrected chi connectivity index (χ1v) is 17.3. The van der Waals surface area contributed by atoms with Gasteiger partial charge in [-0.15, -0.1) is 0 Å². The van der Waals surface area contributed by atoms with Gasteiger partial charge in [-0.25, -0.2) is 0 Å². The van der Waals surface area contributed by atoms with Crippen LogP contribution in [0.4, 0.5) is 0 Å². The van der Waals surface area contributed by atoms with E-state index in [4.69, 9.17) is 17.7 Å². The van der Waals surface area contributed by atoms with Crippen LogP contribution < -0.4 is 0 Å². The van der Waals surface area contributed by atoms with E-state index in [0.29, 0.717) is 0 Å². The third-order valence-electron chi connectivity index (χ3n) is 3.24. The largest absolute Gasteiger partial charge is 0.396 e. The maximum Gasteiger partial charge on any atom is 0.338 e. The van der Waals surface area contributed by atoms with Crippen LogP contribution in [0.2, 0.25) is 0 Å². The van der Waals surface area contributed by atoms with Gasteiger partial charge in [0.25, 0.3) is 0 Å². The molecule has 0 aliphatic rings. The van der Waals surface area contributed by atoms with Crippen molar-refractivity contribution in [1.29, 1.82) is 0 Å². The summed E-state index contributed by atoms with van der Waals surface area (Å²) in [6.07, 6.45) is 2.06. The molecule has 0 bridgehead atoms. The van der Waals surface area contributed by atoms with Crippen LogP contribution in [0.15, 0.2) is 0 Å². The van der Waals surface area contributed by atoms with Crippen molar-refractivity contribution in [2.75, 3.05) is 26.4 Å². The van der Waals surface area contributed by atoms with Gasteiger partial charge in [0.05, 0.1) is 8.74 Å². The van der Waals surface area contributed by atoms with Gasteiger partial charge in [0.2, 0.25) is 0 Å². The predicted molar refractivity (Wildman–Crippen MR) is 129 cm³/mol. The zero-order valence-electron chi connectivity index (χ0n) is 17.7. The van der Waals surface area contributed by atoms with Crippen molar-refractivity contribution in [3.05, 3.63) is 0 Å². The van der Waals surface area contributed by atoms with Crippen LogP contribution in [0.5, 0.6) is 0 Å². The van der Waals surface area contributed by atoms with E-state index in [-0.39, 0.29) is 8.74 Å². The standard InChI is InChI=1S/C16H38O4S4Si2/c1-9-13-19-25(17-11-3)15(5,6)21-23-24-22-16(7,8)26(18-12-4)20-14-10-2/h25-26H,9-14H2,1-8H3. The molecule has 0 heterocycles. The summed E-state index contributed by atoms with van der Waals surface area (Å²) in [5.41, 5.74) is 0. The first-order valence-electron chi connectivity index (χ1n) is 9.41. The zero-order valence-corrected chi connectivity index (χ0v) is 23.2. The average molecular weight is 479 g/mol. The summed E-state index contributed by atoms with van der Waals surface area (Å²) in [7, 11) is 3.94. The maximum atomic E-state index is 6.04. The molecule has 0 fully saturated rings. The lowest BCUT2D eigenvalue weighted by Crippen LogP contribution is -2.43. The fraction of sp³-hybridized carbons (Fsp3) is 1.00. The summed E-state index contributed by atoms with van der Waals surface area (Å²) < 4.78 is 24.0. The molecule has 0 aliphatic heterocycles. The average Bonchev–Trinajstić information content (AvgIpc) is 2.59. The van der Waals surface area contributed by atoms with Gasteiger partial charge in [-0.2, -0.15) is 0 Å². The van der Waals surface area contributed by atoms with Crippen LogP contribution in [0.3, 0.4) is 0 Å². The monoisotopic (exact) mass is 478 g/mol. The molecule has 0 rings (SSSR count). The Bertz CT molecular complexity index is 320. The number of rotatable bonds is 17. The highest BCUT2D eigenvalue weighted by Crippen LogP contribution is 2.53. The molecule has 2 atom stereocenters. The van der Waals surface area contributed by atoms with Gasteiger partial charge < -0.3 is 17.7 Å². The van der Waals surface area contributed by atoms with Crippen molar-refractivity contribution in [2.45, 2.75) is 77.0 Å². The van der Waals surface area contributed by atoms with E-state index in [2.05, 4.69) is 41.5 Å². The summed E-state index contributed by atoms with van der Waals surface area (Å²) in [4.78, 5) is 0. The van der Waals surface area contributed by atoms with Crippen molar-refractivity contribution in [2.24, 2.45) is 0 Å². The fourth-order valence-corrected chi connectivity index (χ4v) is 17.0. The molecule has 2 unspecified atom stereocenters. The third-order valence-corrected chi connectivity index (χ3v) is 18.2. The van der Waals surface area contributed by atoms with E-state index in [1.807, 2.05) is 55.1 Å². The summed E-state index contributed by atoms with van der Waals surface area (Å²) in [5.74, 6) is 0. The highest BCUT2D eigenvalue weighted by molar-refractivity contribution is 9.26. The Hall–Kier alpha value is 1.67. The normalized spacial score (nSPS) is 15.2. The molecule has 10 heteroatoms. The van der Waals surface area contributed by atoms with Crippen LogP contribution in [0, 0.1) is 0 Å². The molecule has 0 radical (unpaired) electrons. The molecule has 26 heavy (non-hydrogen) atoms. The number of hydrogen-bond donors (Lipinski definition) is 0. The van der Waals surface area contributed by atoms with Crippen LogP contribution in [0.25, 0.3) is 0 Å². The van der Waals surface area contributed by atoms with E-state index in [1.165, 1.54) is 0 Å². The van der Waals surface area contributed by atoms with Crippen LogP contribution in [-0.4, -0.2) is 53.7 Å². The van der Waals surface area contributed by atoms with Crippen molar-refractivity contribution in [3.8, 4) is 0 Å². The fourth-order valence-electron chi connectivity index (χ4n) is 1.93. The van der Waals surface area contributed by atoms with E-state index in [9.17, 15) is 0 Å². The minimum absolute atomic E-state index is 0.0169. The molecule has 158 valence electrons. The molecule has 0 saturated heterocycles. The van der Waals surface area contributed by atoms with Gasteiger partial charge in [0.15, 0.2) is 0 Å². The van der Waals surface area contributed by atoms with Crippen LogP contribution >= 0.6 is 41.2 Å². The Morgan fingerprint density at radius 3 is 1.23 bits per heavy atom. The Morgan fingerprint density at radius 1 is 0.615 bits per heavy atom. The smallest absolute Gasteiger partial charge is 0.338 e. The van der Waals surface area contributed by atoms with Crippen molar-refractivity contribution in [1.82, 2.24) is 0 Å². The molecule has 0 aliphatic carbocycles. The van der Waals surface area contributed by atoms with Crippen molar-refractivity contribution in [3.63, 3.8) is 0 Å². The quantitative estimate of drug-likeness (QED) is 0.150. The van der Waals surface area contributed by atoms with Gasteiger partial charge in [0, 0.05) is 26.4 Å². The first-order chi connectivity index (χ1) is 12.2. The molecular weight excluding hydrogens is 441 g/mol. The van der Waals surface area contributed by atoms with Crippen LogP contribution in [-0.2, 0) is 17.7 Å². The number of hydrogen-bond acceptors (Lipinski definition) is 8. The van der Waals surface area contributed by atoms with E-state index < -0.39 is 18.6 Å². The molecule has 0 aromatic carbocycles. The highest BCUT2D eigenvalue weighted by Gasteiger charge is 2.38. The van der Waals surface area contributed by atoms with E-state index in [1.54, 1.807) is 0 Å². The lowest BCUT2D eigenvalue weighted by Gasteiger charge is -2.32. The second-order valence-corrected chi connectivity index (χ2v) is 20.2. The molecule has 4 nitrogen and oxygen atoms in total. The third kappa shape index (κ3) is 11.6. The summed E-state index contributed by atoms with van der Waals surface area (Å²) in [6.45, 7) is 20.4. The minimum atomic E-state index is -1.71.